The number of likely N-dealkylation sites (tertiary alicyclic amines) is 2. The topological polar surface area (TPSA) is 266 Å². The highest BCUT2D eigenvalue weighted by Crippen LogP contribution is 2.47. The Hall–Kier alpha value is -7.10. The number of carbonyl (C=O) groups is 4. The van der Waals surface area contributed by atoms with Gasteiger partial charge < -0.3 is 59.4 Å². The number of aromatic nitrogens is 6. The lowest BCUT2D eigenvalue weighted by Gasteiger charge is -2.53. The van der Waals surface area contributed by atoms with E-state index >= 15 is 0 Å². The second kappa shape index (κ2) is 35.4. The molecule has 26 heteroatoms. The molecule has 2 amide bonds. The number of methoxy groups -OCH3 is 2. The zero-order chi connectivity index (χ0) is 70.7. The molecule has 4 aliphatic rings. The molecule has 2 aromatic heterocycles. The quantitative estimate of drug-likeness (QED) is 0.0262. The molecule has 4 aliphatic heterocycles. The normalized spacial score (nSPS) is 16.7. The minimum atomic E-state index is -1.26. The fourth-order valence-electron chi connectivity index (χ4n) is 13.3. The molecule has 532 valence electrons. The van der Waals surface area contributed by atoms with Gasteiger partial charge in [0.2, 0.25) is 0 Å². The maximum Gasteiger partial charge on any atom is 0.328 e. The van der Waals surface area contributed by atoms with Gasteiger partial charge >= 0.3 is 11.9 Å². The molecule has 4 saturated heterocycles. The first-order chi connectivity index (χ1) is 45.4. The molecule has 0 radical (unpaired) electrons. The zero-order valence-electron chi connectivity index (χ0n) is 59.7. The van der Waals surface area contributed by atoms with Crippen LogP contribution in [0.25, 0.3) is 0 Å². The van der Waals surface area contributed by atoms with E-state index in [0.717, 1.165) is 117 Å². The van der Waals surface area contributed by atoms with Crippen molar-refractivity contribution in [3.05, 3.63) is 84.0 Å². The highest BCUT2D eigenvalue weighted by molar-refractivity contribution is 5.98. The van der Waals surface area contributed by atoms with E-state index in [-0.39, 0.29) is 80.3 Å². The Morgan fingerprint density at radius 3 is 1.28 bits per heavy atom. The SMILES string of the molecule is CCN(C(=O)c1cc(F)ccc1Oc1nncnc1N1CCC2(C1)CN([C@H](CCCNCC(C)(C)OC)C(C)C)C2)C(C)C.CCN(C(=O)c1cc(F)ccc1Oc1nncnc1N1CCC2(C1)CN([C@H](CCCNCC(C)(C)OC)C(C)C)C2)C(C)C.O=C(O)/C=C/C(=O)O. The van der Waals surface area contributed by atoms with Crippen molar-refractivity contribution in [3.8, 4) is 23.3 Å². The molecule has 0 unspecified atom stereocenters. The lowest BCUT2D eigenvalue weighted by atomic mass is 9.76. The fourth-order valence-corrected chi connectivity index (χ4v) is 13.3. The molecular formula is C70H108F2N14O10. The van der Waals surface area contributed by atoms with Crippen LogP contribution in [0.4, 0.5) is 20.4 Å². The summed E-state index contributed by atoms with van der Waals surface area (Å²) in [6.07, 6.45) is 10.7. The Morgan fingerprint density at radius 1 is 0.604 bits per heavy atom. The summed E-state index contributed by atoms with van der Waals surface area (Å²) in [7, 11) is 3.52. The van der Waals surface area contributed by atoms with Crippen LogP contribution in [0, 0.1) is 34.3 Å². The molecule has 4 N–H and O–H groups in total. The molecule has 6 heterocycles. The van der Waals surface area contributed by atoms with Crippen LogP contribution in [-0.4, -0.2) is 225 Å². The van der Waals surface area contributed by atoms with Gasteiger partial charge in [0.05, 0.1) is 22.3 Å². The zero-order valence-corrected chi connectivity index (χ0v) is 59.7. The van der Waals surface area contributed by atoms with E-state index in [0.29, 0.717) is 60.8 Å². The summed E-state index contributed by atoms with van der Waals surface area (Å²) >= 11 is 0. The Bertz CT molecular complexity index is 2990. The molecule has 4 aromatic rings. The number of nitrogens with zero attached hydrogens (tertiary/aromatic N) is 12. The Labute approximate surface area is 567 Å². The number of nitrogens with one attached hydrogen (secondary N) is 2. The molecule has 0 aliphatic carbocycles. The van der Waals surface area contributed by atoms with E-state index in [1.54, 1.807) is 24.0 Å². The third-order valence-corrected chi connectivity index (χ3v) is 18.7. The molecule has 2 aromatic carbocycles. The molecular weight excluding hydrogens is 1230 g/mol. The van der Waals surface area contributed by atoms with E-state index in [1.165, 1.54) is 49.1 Å². The molecule has 96 heavy (non-hydrogen) atoms. The Morgan fingerprint density at radius 2 is 0.969 bits per heavy atom. The number of hydrogen-bond acceptors (Lipinski definition) is 20. The largest absolute Gasteiger partial charge is 0.478 e. The molecule has 2 atom stereocenters. The van der Waals surface area contributed by atoms with Crippen LogP contribution in [0.15, 0.2) is 61.2 Å². The molecule has 0 bridgehead atoms. The second-order valence-corrected chi connectivity index (χ2v) is 28.4. The maximum absolute atomic E-state index is 14.3. The summed E-state index contributed by atoms with van der Waals surface area (Å²) < 4.78 is 52.0. The molecule has 4 fully saturated rings. The minimum Gasteiger partial charge on any atom is -0.478 e. The van der Waals surface area contributed by atoms with Crippen LogP contribution in [0.2, 0.25) is 0 Å². The number of carboxylic acids is 2. The minimum absolute atomic E-state index is 0.0412. The van der Waals surface area contributed by atoms with Crippen molar-refractivity contribution in [1.82, 2.24) is 60.6 Å². The van der Waals surface area contributed by atoms with Crippen molar-refractivity contribution >= 4 is 35.4 Å². The van der Waals surface area contributed by atoms with E-state index < -0.39 is 23.6 Å². The van der Waals surface area contributed by atoms with Gasteiger partial charge in [-0.2, -0.15) is 0 Å². The standard InChI is InChI=1S/2C33H52FN7O3.C4H4O4/c2*1-9-41(24(4)5)31(42)26-17-25(34)12-13-28(26)44-30-29(36-22-37-38-30)39-16-14-33(19-39)20-40(21-33)27(23(2)3)11-10-15-35-18-32(6,7)43-8;5-3(6)1-2-4(7)8/h2*12-13,17,22-24,27,35H,9-11,14-16,18-21H2,1-8H3;1-2H,(H,5,6)(H,7,8)/b;;2-1+/t2*27-;/m11./s1. The summed E-state index contributed by atoms with van der Waals surface area (Å²) in [6.45, 7) is 41.5. The second-order valence-electron chi connectivity index (χ2n) is 28.4. The van der Waals surface area contributed by atoms with Crippen LogP contribution in [0.5, 0.6) is 23.3 Å². The van der Waals surface area contributed by atoms with Crippen LogP contribution in [-0.2, 0) is 19.1 Å². The van der Waals surface area contributed by atoms with Gasteiger partial charge in [-0.3, -0.25) is 19.4 Å². The van der Waals surface area contributed by atoms with Crippen molar-refractivity contribution in [3.63, 3.8) is 0 Å². The number of carbonyl (C=O) groups excluding carboxylic acids is 2. The smallest absolute Gasteiger partial charge is 0.328 e. The van der Waals surface area contributed by atoms with Gasteiger partial charge in [-0.05, 0) is 169 Å². The number of anilines is 2. The maximum atomic E-state index is 14.3. The highest BCUT2D eigenvalue weighted by Gasteiger charge is 2.52. The van der Waals surface area contributed by atoms with Gasteiger partial charge in [-0.25, -0.2) is 28.3 Å². The fraction of sp³-hybridized carbons (Fsp3) is 0.657. The third-order valence-electron chi connectivity index (χ3n) is 18.7. The van der Waals surface area contributed by atoms with Gasteiger partial charge in [0.25, 0.3) is 23.6 Å². The number of amides is 2. The molecule has 24 nitrogen and oxygen atoms in total. The Kier molecular flexibility index (Phi) is 28.7. The average molecular weight is 1340 g/mol. The molecule has 2 spiro atoms. The first-order valence-corrected chi connectivity index (χ1v) is 34.0. The van der Waals surface area contributed by atoms with Gasteiger partial charge in [0.15, 0.2) is 11.6 Å². The third kappa shape index (κ3) is 21.7. The molecule has 8 rings (SSSR count). The van der Waals surface area contributed by atoms with E-state index in [2.05, 4.69) is 116 Å². The summed E-state index contributed by atoms with van der Waals surface area (Å²) in [5.74, 6) is -0.823. The summed E-state index contributed by atoms with van der Waals surface area (Å²) in [4.78, 5) is 67.9. The van der Waals surface area contributed by atoms with E-state index in [4.69, 9.17) is 29.2 Å². The number of ether oxygens (including phenoxy) is 4. The number of aliphatic carboxylic acids is 2. The number of carboxylic acid groups (broad SMARTS) is 2. The first kappa shape index (κ1) is 77.9. The van der Waals surface area contributed by atoms with Crippen molar-refractivity contribution in [2.45, 2.75) is 171 Å². The monoisotopic (exact) mass is 1340 g/mol. The van der Waals surface area contributed by atoms with E-state index in [1.807, 2.05) is 41.5 Å². The first-order valence-electron chi connectivity index (χ1n) is 34.0. The van der Waals surface area contributed by atoms with Crippen molar-refractivity contribution in [2.24, 2.45) is 22.7 Å². The predicted molar refractivity (Wildman–Crippen MR) is 366 cm³/mol. The van der Waals surface area contributed by atoms with Crippen LogP contribution < -0.4 is 29.9 Å². The number of halogens is 2. The average Bonchev–Trinajstić information content (AvgIpc) is 1.53. The van der Waals surface area contributed by atoms with Gasteiger partial charge in [-0.1, -0.05) is 27.7 Å². The summed E-state index contributed by atoms with van der Waals surface area (Å²) in [5.41, 5.74) is 0.409. The van der Waals surface area contributed by atoms with Crippen molar-refractivity contribution < 1.29 is 57.1 Å². The van der Waals surface area contributed by atoms with Crippen LogP contribution in [0.1, 0.15) is 156 Å². The lowest BCUT2D eigenvalue weighted by molar-refractivity contribution is -0.134. The predicted octanol–water partition coefficient (Wildman–Crippen LogP) is 9.72. The Balaban J connectivity index is 0.000000272. The van der Waals surface area contributed by atoms with Crippen LogP contribution in [0.3, 0.4) is 0 Å². The van der Waals surface area contributed by atoms with E-state index in [9.17, 15) is 28.0 Å². The van der Waals surface area contributed by atoms with Crippen molar-refractivity contribution in [1.29, 1.82) is 0 Å². The highest BCUT2D eigenvalue weighted by atomic mass is 19.1. The lowest BCUT2D eigenvalue weighted by Crippen LogP contribution is -2.62. The van der Waals surface area contributed by atoms with Crippen molar-refractivity contribution in [2.75, 3.05) is 116 Å². The summed E-state index contributed by atoms with van der Waals surface area (Å²) in [6, 6.07) is 9.00. The van der Waals surface area contributed by atoms with Crippen LogP contribution >= 0.6 is 0 Å². The van der Waals surface area contributed by atoms with Gasteiger partial charge in [0, 0.05) is 140 Å². The number of rotatable bonds is 32. The van der Waals surface area contributed by atoms with Gasteiger partial charge in [-0.15, -0.1) is 20.4 Å². The molecule has 0 saturated carbocycles. The summed E-state index contributed by atoms with van der Waals surface area (Å²) in [5, 5.41) is 39.2. The van der Waals surface area contributed by atoms with Gasteiger partial charge in [0.1, 0.15) is 35.8 Å². The number of hydrogen-bond donors (Lipinski definition) is 4. The number of benzene rings is 2.